The van der Waals surface area contributed by atoms with Crippen LogP contribution >= 0.6 is 12.4 Å². The Hall–Kier alpha value is -2.04. The van der Waals surface area contributed by atoms with E-state index in [0.29, 0.717) is 17.9 Å². The molecular weight excluding hydrogens is 290 g/mol. The van der Waals surface area contributed by atoms with E-state index < -0.39 is 12.0 Å². The highest BCUT2D eigenvalue weighted by molar-refractivity contribution is 5.85. The Morgan fingerprint density at radius 2 is 1.86 bits per heavy atom. The molecule has 0 fully saturated rings. The maximum atomic E-state index is 11.4. The number of hydrogen-bond acceptors (Lipinski definition) is 4. The lowest BCUT2D eigenvalue weighted by Gasteiger charge is -2.12. The van der Waals surface area contributed by atoms with E-state index in [1.54, 1.807) is 18.2 Å². The number of ether oxygens (including phenoxy) is 2. The molecule has 0 aliphatic rings. The van der Waals surface area contributed by atoms with Gasteiger partial charge in [-0.1, -0.05) is 42.5 Å². The first-order valence-corrected chi connectivity index (χ1v) is 6.31. The van der Waals surface area contributed by atoms with E-state index in [0.717, 1.165) is 5.56 Å². The summed E-state index contributed by atoms with van der Waals surface area (Å²) in [5.41, 5.74) is 7.54. The molecule has 2 N–H and O–H groups in total. The molecule has 1 atom stereocenters. The fraction of sp³-hybridized carbons (Fsp3) is 0.188. The molecule has 2 rings (SSSR count). The average molecular weight is 308 g/mol. The number of carbonyl (C=O) groups is 1. The Labute approximate surface area is 130 Å². The third-order valence-electron chi connectivity index (χ3n) is 2.92. The third-order valence-corrected chi connectivity index (χ3v) is 2.92. The molecule has 4 nitrogen and oxygen atoms in total. The van der Waals surface area contributed by atoms with Crippen LogP contribution in [0.5, 0.6) is 5.75 Å². The quantitative estimate of drug-likeness (QED) is 0.863. The van der Waals surface area contributed by atoms with E-state index in [9.17, 15) is 4.79 Å². The standard InChI is InChI=1S/C16H17NO3.ClH/c1-19-16(18)15(17)13-8-5-9-14(10-13)20-11-12-6-3-2-4-7-12;/h2-10,15H,11,17H2,1H3;1H/t15-;/m0./s1. The van der Waals surface area contributed by atoms with Gasteiger partial charge in [0.1, 0.15) is 18.4 Å². The van der Waals surface area contributed by atoms with Gasteiger partial charge in [-0.3, -0.25) is 4.79 Å². The first-order chi connectivity index (χ1) is 9.70. The number of nitrogens with two attached hydrogens (primary N) is 1. The van der Waals surface area contributed by atoms with Gasteiger partial charge >= 0.3 is 5.97 Å². The highest BCUT2D eigenvalue weighted by Crippen LogP contribution is 2.19. The fourth-order valence-electron chi connectivity index (χ4n) is 1.80. The Morgan fingerprint density at radius 3 is 2.52 bits per heavy atom. The van der Waals surface area contributed by atoms with E-state index in [2.05, 4.69) is 4.74 Å². The predicted molar refractivity (Wildman–Crippen MR) is 83.4 cm³/mol. The van der Waals surface area contributed by atoms with Crippen molar-refractivity contribution in [1.29, 1.82) is 0 Å². The monoisotopic (exact) mass is 307 g/mol. The summed E-state index contributed by atoms with van der Waals surface area (Å²) < 4.78 is 10.3. The van der Waals surface area contributed by atoms with E-state index in [-0.39, 0.29) is 12.4 Å². The summed E-state index contributed by atoms with van der Waals surface area (Å²) in [5, 5.41) is 0. The summed E-state index contributed by atoms with van der Waals surface area (Å²) in [5.74, 6) is 0.205. The Bertz CT molecular complexity index is 575. The lowest BCUT2D eigenvalue weighted by Crippen LogP contribution is -2.22. The molecule has 2 aromatic carbocycles. The Balaban J connectivity index is 0.00000220. The minimum absolute atomic E-state index is 0. The predicted octanol–water partition coefficient (Wildman–Crippen LogP) is 2.86. The molecule has 112 valence electrons. The van der Waals surface area contributed by atoms with Gasteiger partial charge in [0.25, 0.3) is 0 Å². The topological polar surface area (TPSA) is 61.5 Å². The Morgan fingerprint density at radius 1 is 1.14 bits per heavy atom. The zero-order valence-electron chi connectivity index (χ0n) is 11.7. The van der Waals surface area contributed by atoms with Crippen molar-refractivity contribution in [3.63, 3.8) is 0 Å². The van der Waals surface area contributed by atoms with E-state index >= 15 is 0 Å². The average Bonchev–Trinajstić information content (AvgIpc) is 2.52. The molecule has 0 saturated carbocycles. The normalized spacial score (nSPS) is 11.1. The summed E-state index contributed by atoms with van der Waals surface area (Å²) in [7, 11) is 1.32. The summed E-state index contributed by atoms with van der Waals surface area (Å²) in [6, 6.07) is 16.2. The van der Waals surface area contributed by atoms with Crippen molar-refractivity contribution in [2.24, 2.45) is 5.73 Å². The molecule has 0 heterocycles. The first kappa shape index (κ1) is 17.0. The number of carbonyl (C=O) groups excluding carboxylic acids is 1. The smallest absolute Gasteiger partial charge is 0.327 e. The lowest BCUT2D eigenvalue weighted by molar-refractivity contribution is -0.142. The molecule has 5 heteroatoms. The van der Waals surface area contributed by atoms with Crippen LogP contribution in [0, 0.1) is 0 Å². The van der Waals surface area contributed by atoms with Crippen molar-refractivity contribution in [2.45, 2.75) is 12.6 Å². The van der Waals surface area contributed by atoms with Gasteiger partial charge in [-0.2, -0.15) is 0 Å². The van der Waals surface area contributed by atoms with E-state index in [1.807, 2.05) is 36.4 Å². The van der Waals surface area contributed by atoms with E-state index in [1.165, 1.54) is 7.11 Å². The maximum absolute atomic E-state index is 11.4. The van der Waals surface area contributed by atoms with Crippen LogP contribution in [0.3, 0.4) is 0 Å². The molecule has 0 radical (unpaired) electrons. The number of esters is 1. The molecule has 0 spiro atoms. The molecule has 2 aromatic rings. The van der Waals surface area contributed by atoms with Crippen LogP contribution in [-0.2, 0) is 16.1 Å². The van der Waals surface area contributed by atoms with Crippen molar-refractivity contribution >= 4 is 18.4 Å². The number of rotatable bonds is 5. The minimum atomic E-state index is -0.791. The van der Waals surface area contributed by atoms with Crippen molar-refractivity contribution in [3.8, 4) is 5.75 Å². The second kappa shape index (κ2) is 8.29. The van der Waals surface area contributed by atoms with Crippen LogP contribution in [0.2, 0.25) is 0 Å². The van der Waals surface area contributed by atoms with Gasteiger partial charge in [0.2, 0.25) is 0 Å². The number of halogens is 1. The lowest BCUT2D eigenvalue weighted by atomic mass is 10.1. The van der Waals surface area contributed by atoms with Crippen molar-refractivity contribution in [1.82, 2.24) is 0 Å². The zero-order valence-corrected chi connectivity index (χ0v) is 12.5. The van der Waals surface area contributed by atoms with Crippen LogP contribution in [0.25, 0.3) is 0 Å². The van der Waals surface area contributed by atoms with Crippen LogP contribution in [0.4, 0.5) is 0 Å². The van der Waals surface area contributed by atoms with Crippen molar-refractivity contribution in [2.75, 3.05) is 7.11 Å². The molecule has 0 aromatic heterocycles. The molecule has 0 amide bonds. The maximum Gasteiger partial charge on any atom is 0.327 e. The molecule has 21 heavy (non-hydrogen) atoms. The van der Waals surface area contributed by atoms with Gasteiger partial charge in [-0.25, -0.2) is 0 Å². The highest BCUT2D eigenvalue weighted by atomic mass is 35.5. The molecule has 0 saturated heterocycles. The number of hydrogen-bond donors (Lipinski definition) is 1. The first-order valence-electron chi connectivity index (χ1n) is 6.31. The van der Waals surface area contributed by atoms with Gasteiger partial charge in [0.15, 0.2) is 0 Å². The summed E-state index contributed by atoms with van der Waals surface area (Å²) >= 11 is 0. The third kappa shape index (κ3) is 4.77. The second-order valence-electron chi connectivity index (χ2n) is 4.35. The molecule has 0 unspecified atom stereocenters. The minimum Gasteiger partial charge on any atom is -0.489 e. The SMILES string of the molecule is COC(=O)[C@@H](N)c1cccc(OCc2ccccc2)c1.Cl. The number of benzene rings is 2. The highest BCUT2D eigenvalue weighted by Gasteiger charge is 2.16. The van der Waals surface area contributed by atoms with Gasteiger partial charge in [-0.05, 0) is 23.3 Å². The summed E-state index contributed by atoms with van der Waals surface area (Å²) in [6.45, 7) is 0.470. The second-order valence-corrected chi connectivity index (χ2v) is 4.35. The molecule has 0 bridgehead atoms. The molecular formula is C16H18ClNO3. The zero-order chi connectivity index (χ0) is 14.4. The summed E-state index contributed by atoms with van der Waals surface area (Å²) in [6.07, 6.45) is 0. The Kier molecular flexibility index (Phi) is 6.72. The fourth-order valence-corrected chi connectivity index (χ4v) is 1.80. The van der Waals surface area contributed by atoms with Crippen LogP contribution in [0.1, 0.15) is 17.2 Å². The number of methoxy groups -OCH3 is 1. The van der Waals surface area contributed by atoms with Crippen molar-refractivity contribution < 1.29 is 14.3 Å². The van der Waals surface area contributed by atoms with Crippen LogP contribution in [0.15, 0.2) is 54.6 Å². The van der Waals surface area contributed by atoms with Gasteiger partial charge in [-0.15, -0.1) is 12.4 Å². The summed E-state index contributed by atoms with van der Waals surface area (Å²) in [4.78, 5) is 11.4. The molecule has 0 aliphatic heterocycles. The van der Waals surface area contributed by atoms with Crippen LogP contribution < -0.4 is 10.5 Å². The molecule has 0 aliphatic carbocycles. The van der Waals surface area contributed by atoms with Gasteiger partial charge in [0.05, 0.1) is 7.11 Å². The van der Waals surface area contributed by atoms with Gasteiger partial charge in [0, 0.05) is 0 Å². The van der Waals surface area contributed by atoms with Crippen LogP contribution in [-0.4, -0.2) is 13.1 Å². The van der Waals surface area contributed by atoms with Gasteiger partial charge < -0.3 is 15.2 Å². The van der Waals surface area contributed by atoms with Crippen molar-refractivity contribution in [3.05, 3.63) is 65.7 Å². The van der Waals surface area contributed by atoms with E-state index in [4.69, 9.17) is 10.5 Å². The largest absolute Gasteiger partial charge is 0.489 e.